The Morgan fingerprint density at radius 3 is 2.35 bits per heavy atom. The van der Waals surface area contributed by atoms with Gasteiger partial charge in [-0.3, -0.25) is 9.59 Å². The zero-order valence-corrected chi connectivity index (χ0v) is 11.1. The van der Waals surface area contributed by atoms with Gasteiger partial charge in [0.1, 0.15) is 6.54 Å². The maximum Gasteiger partial charge on any atom is 0.325 e. The van der Waals surface area contributed by atoms with Crippen molar-refractivity contribution in [3.8, 4) is 0 Å². The van der Waals surface area contributed by atoms with E-state index < -0.39 is 0 Å². The van der Waals surface area contributed by atoms with Crippen LogP contribution < -0.4 is 0 Å². The predicted octanol–water partition coefficient (Wildman–Crippen LogP) is 1.98. The van der Waals surface area contributed by atoms with Gasteiger partial charge < -0.3 is 9.64 Å². The fraction of sp³-hybridized carbons (Fsp3) is 0.846. The molecule has 0 aromatic heterocycles. The summed E-state index contributed by atoms with van der Waals surface area (Å²) in [6.45, 7) is 3.92. The van der Waals surface area contributed by atoms with E-state index in [1.165, 1.54) is 20.0 Å². The molecule has 0 aromatic carbocycles. The average Bonchev–Trinajstić information content (AvgIpc) is 2.77. The first kappa shape index (κ1) is 14.0. The Labute approximate surface area is 103 Å². The highest BCUT2D eigenvalue weighted by Gasteiger charge is 2.25. The predicted molar refractivity (Wildman–Crippen MR) is 65.4 cm³/mol. The summed E-state index contributed by atoms with van der Waals surface area (Å²) in [5.74, 6) is 0.247. The lowest BCUT2D eigenvalue weighted by Crippen LogP contribution is -2.41. The molecule has 1 rings (SSSR count). The van der Waals surface area contributed by atoms with Crippen LogP contribution in [-0.4, -0.2) is 36.5 Å². The molecule has 4 nitrogen and oxygen atoms in total. The molecule has 4 heteroatoms. The molecule has 0 aliphatic heterocycles. The van der Waals surface area contributed by atoms with Gasteiger partial charge in [-0.25, -0.2) is 0 Å². The monoisotopic (exact) mass is 241 g/mol. The van der Waals surface area contributed by atoms with E-state index in [0.29, 0.717) is 12.3 Å². The number of nitrogens with zero attached hydrogens (tertiary/aromatic N) is 1. The molecule has 98 valence electrons. The number of esters is 1. The molecule has 0 aromatic rings. The van der Waals surface area contributed by atoms with Gasteiger partial charge in [0.05, 0.1) is 7.11 Å². The van der Waals surface area contributed by atoms with Crippen molar-refractivity contribution >= 4 is 11.9 Å². The number of amides is 1. The Morgan fingerprint density at radius 2 is 1.88 bits per heavy atom. The van der Waals surface area contributed by atoms with Crippen LogP contribution in [0.1, 0.15) is 46.0 Å². The molecule has 0 bridgehead atoms. The quantitative estimate of drug-likeness (QED) is 0.691. The van der Waals surface area contributed by atoms with Gasteiger partial charge in [0.2, 0.25) is 5.91 Å². The number of hydrogen-bond donors (Lipinski definition) is 0. The van der Waals surface area contributed by atoms with Crippen LogP contribution in [0.3, 0.4) is 0 Å². The SMILES string of the molecule is COC(=O)CN(C(=O)CC1CCCC1)C(C)C. The second kappa shape index (κ2) is 6.62. The van der Waals surface area contributed by atoms with E-state index in [2.05, 4.69) is 4.74 Å². The van der Waals surface area contributed by atoms with Gasteiger partial charge in [0, 0.05) is 12.5 Å². The summed E-state index contributed by atoms with van der Waals surface area (Å²) in [4.78, 5) is 25.0. The van der Waals surface area contributed by atoms with Crippen molar-refractivity contribution in [1.29, 1.82) is 0 Å². The van der Waals surface area contributed by atoms with Crippen LogP contribution in [0.2, 0.25) is 0 Å². The van der Waals surface area contributed by atoms with E-state index in [9.17, 15) is 9.59 Å². The first-order valence-corrected chi connectivity index (χ1v) is 6.41. The van der Waals surface area contributed by atoms with Gasteiger partial charge in [-0.1, -0.05) is 12.8 Å². The number of carbonyl (C=O) groups is 2. The van der Waals surface area contributed by atoms with Crippen molar-refractivity contribution in [1.82, 2.24) is 4.90 Å². The van der Waals surface area contributed by atoms with Gasteiger partial charge in [0.25, 0.3) is 0 Å². The molecule has 0 saturated heterocycles. The average molecular weight is 241 g/mol. The van der Waals surface area contributed by atoms with Gasteiger partial charge in [-0.05, 0) is 32.6 Å². The fourth-order valence-corrected chi connectivity index (χ4v) is 2.34. The smallest absolute Gasteiger partial charge is 0.325 e. The molecule has 1 amide bonds. The molecule has 0 N–H and O–H groups in total. The lowest BCUT2D eigenvalue weighted by atomic mass is 10.0. The zero-order chi connectivity index (χ0) is 12.8. The third kappa shape index (κ3) is 4.36. The summed E-state index contributed by atoms with van der Waals surface area (Å²) in [6.07, 6.45) is 5.34. The lowest BCUT2D eigenvalue weighted by molar-refractivity contribution is -0.148. The van der Waals surface area contributed by atoms with E-state index >= 15 is 0 Å². The summed E-state index contributed by atoms with van der Waals surface area (Å²) >= 11 is 0. The molecular weight excluding hydrogens is 218 g/mol. The summed E-state index contributed by atoms with van der Waals surface area (Å²) < 4.78 is 4.62. The van der Waals surface area contributed by atoms with Crippen molar-refractivity contribution in [3.63, 3.8) is 0 Å². The largest absolute Gasteiger partial charge is 0.468 e. The maximum atomic E-state index is 12.1. The van der Waals surface area contributed by atoms with E-state index in [1.54, 1.807) is 4.90 Å². The number of hydrogen-bond acceptors (Lipinski definition) is 3. The summed E-state index contributed by atoms with van der Waals surface area (Å²) in [5.41, 5.74) is 0. The molecule has 1 saturated carbocycles. The Kier molecular flexibility index (Phi) is 5.45. The van der Waals surface area contributed by atoms with Gasteiger partial charge in [-0.15, -0.1) is 0 Å². The fourth-order valence-electron chi connectivity index (χ4n) is 2.34. The summed E-state index contributed by atoms with van der Waals surface area (Å²) in [7, 11) is 1.35. The minimum absolute atomic E-state index is 0.0444. The summed E-state index contributed by atoms with van der Waals surface area (Å²) in [5, 5.41) is 0. The second-order valence-corrected chi connectivity index (χ2v) is 5.05. The Morgan fingerprint density at radius 1 is 1.29 bits per heavy atom. The van der Waals surface area contributed by atoms with Gasteiger partial charge in [0.15, 0.2) is 0 Å². The molecular formula is C13H23NO3. The number of ether oxygens (including phenoxy) is 1. The number of rotatable bonds is 5. The lowest BCUT2D eigenvalue weighted by Gasteiger charge is -2.26. The Balaban J connectivity index is 2.50. The molecule has 1 fully saturated rings. The first-order chi connectivity index (χ1) is 8.04. The van der Waals surface area contributed by atoms with E-state index in [1.807, 2.05) is 13.8 Å². The van der Waals surface area contributed by atoms with Crippen LogP contribution in [-0.2, 0) is 14.3 Å². The third-order valence-electron chi connectivity index (χ3n) is 3.41. The van der Waals surface area contributed by atoms with Crippen LogP contribution in [0.15, 0.2) is 0 Å². The van der Waals surface area contributed by atoms with Crippen molar-refractivity contribution in [3.05, 3.63) is 0 Å². The standard InChI is InChI=1S/C13H23NO3/c1-10(2)14(9-13(16)17-3)12(15)8-11-6-4-5-7-11/h10-11H,4-9H2,1-3H3. The normalized spacial score (nSPS) is 16.2. The zero-order valence-electron chi connectivity index (χ0n) is 11.1. The minimum Gasteiger partial charge on any atom is -0.468 e. The van der Waals surface area contributed by atoms with Crippen molar-refractivity contribution in [2.45, 2.75) is 52.0 Å². The van der Waals surface area contributed by atoms with Crippen molar-refractivity contribution < 1.29 is 14.3 Å². The van der Waals surface area contributed by atoms with Crippen molar-refractivity contribution in [2.75, 3.05) is 13.7 Å². The molecule has 0 heterocycles. The highest BCUT2D eigenvalue weighted by molar-refractivity contribution is 5.82. The van der Waals surface area contributed by atoms with Crippen LogP contribution in [0.5, 0.6) is 0 Å². The van der Waals surface area contributed by atoms with Crippen LogP contribution >= 0.6 is 0 Å². The highest BCUT2D eigenvalue weighted by Crippen LogP contribution is 2.28. The topological polar surface area (TPSA) is 46.6 Å². The third-order valence-corrected chi connectivity index (χ3v) is 3.41. The number of carbonyl (C=O) groups excluding carboxylic acids is 2. The Bertz CT molecular complexity index is 270. The maximum absolute atomic E-state index is 12.1. The van der Waals surface area contributed by atoms with Crippen LogP contribution in [0, 0.1) is 5.92 Å². The molecule has 17 heavy (non-hydrogen) atoms. The van der Waals surface area contributed by atoms with E-state index in [0.717, 1.165) is 12.8 Å². The second-order valence-electron chi connectivity index (χ2n) is 5.05. The minimum atomic E-state index is -0.349. The van der Waals surface area contributed by atoms with Crippen LogP contribution in [0.4, 0.5) is 0 Å². The molecule has 0 radical (unpaired) electrons. The molecule has 1 aliphatic rings. The van der Waals surface area contributed by atoms with E-state index in [4.69, 9.17) is 0 Å². The number of methoxy groups -OCH3 is 1. The molecule has 0 unspecified atom stereocenters. The summed E-state index contributed by atoms with van der Waals surface area (Å²) in [6, 6.07) is 0.0444. The first-order valence-electron chi connectivity index (χ1n) is 6.41. The molecule has 0 atom stereocenters. The van der Waals surface area contributed by atoms with Gasteiger partial charge in [-0.2, -0.15) is 0 Å². The highest BCUT2D eigenvalue weighted by atomic mass is 16.5. The van der Waals surface area contributed by atoms with Crippen LogP contribution in [0.25, 0.3) is 0 Å². The van der Waals surface area contributed by atoms with Gasteiger partial charge >= 0.3 is 5.97 Å². The molecule has 1 aliphatic carbocycles. The van der Waals surface area contributed by atoms with E-state index in [-0.39, 0.29) is 24.5 Å². The molecule has 0 spiro atoms. The van der Waals surface area contributed by atoms with Crippen molar-refractivity contribution in [2.24, 2.45) is 5.92 Å². The Hall–Kier alpha value is -1.06.